The molecule has 0 aliphatic heterocycles. The minimum atomic E-state index is -0.815. The molecule has 1 N–H and O–H groups in total. The first-order chi connectivity index (χ1) is 8.11. The maximum atomic E-state index is 10.1. The minimum Gasteiger partial charge on any atom is -0.463 e. The average molecular weight is 271 g/mol. The highest BCUT2D eigenvalue weighted by molar-refractivity contribution is 6.42. The molecule has 0 amide bonds. The highest BCUT2D eigenvalue weighted by atomic mass is 35.5. The van der Waals surface area contributed by atoms with Gasteiger partial charge in [0, 0.05) is 6.42 Å². The molecule has 4 heteroatoms. The van der Waals surface area contributed by atoms with Crippen molar-refractivity contribution in [3.63, 3.8) is 0 Å². The van der Waals surface area contributed by atoms with E-state index in [1.807, 2.05) is 13.0 Å². The first kappa shape index (κ1) is 12.5. The largest absolute Gasteiger partial charge is 0.463 e. The Morgan fingerprint density at radius 1 is 1.18 bits per heavy atom. The van der Waals surface area contributed by atoms with Gasteiger partial charge in [-0.25, -0.2) is 0 Å². The number of hydrogen-bond acceptors (Lipinski definition) is 2. The van der Waals surface area contributed by atoms with Gasteiger partial charge in [0.25, 0.3) is 0 Å². The molecule has 1 unspecified atom stereocenters. The summed E-state index contributed by atoms with van der Waals surface area (Å²) in [7, 11) is 0. The standard InChI is InChI=1S/C13H12Cl2O2/c1-2-9-4-6-12(17-9)13(16)8-3-5-10(14)11(15)7-8/h3-7,13,16H,2H2,1H3. The van der Waals surface area contributed by atoms with Crippen LogP contribution in [0.1, 0.15) is 30.1 Å². The van der Waals surface area contributed by atoms with Gasteiger partial charge in [-0.15, -0.1) is 0 Å². The first-order valence-corrected chi connectivity index (χ1v) is 6.09. The number of aliphatic hydroxyl groups is 1. The summed E-state index contributed by atoms with van der Waals surface area (Å²) in [5.41, 5.74) is 0.663. The van der Waals surface area contributed by atoms with Crippen LogP contribution in [0, 0.1) is 0 Å². The topological polar surface area (TPSA) is 33.4 Å². The Morgan fingerprint density at radius 2 is 1.94 bits per heavy atom. The molecular formula is C13H12Cl2O2. The average Bonchev–Trinajstić information content (AvgIpc) is 2.80. The fraction of sp³-hybridized carbons (Fsp3) is 0.231. The molecule has 0 aliphatic rings. The SMILES string of the molecule is CCc1ccc(C(O)c2ccc(Cl)c(Cl)c2)o1. The molecule has 90 valence electrons. The maximum Gasteiger partial charge on any atom is 0.137 e. The van der Waals surface area contributed by atoms with Crippen molar-refractivity contribution in [3.8, 4) is 0 Å². The van der Waals surface area contributed by atoms with Crippen LogP contribution >= 0.6 is 23.2 Å². The van der Waals surface area contributed by atoms with Crippen molar-refractivity contribution in [3.05, 3.63) is 57.5 Å². The lowest BCUT2D eigenvalue weighted by molar-refractivity contribution is 0.187. The van der Waals surface area contributed by atoms with Gasteiger partial charge in [-0.3, -0.25) is 0 Å². The second kappa shape index (κ2) is 5.13. The van der Waals surface area contributed by atoms with E-state index in [-0.39, 0.29) is 0 Å². The van der Waals surface area contributed by atoms with Gasteiger partial charge in [-0.05, 0) is 29.8 Å². The zero-order chi connectivity index (χ0) is 12.4. The van der Waals surface area contributed by atoms with Gasteiger partial charge in [-0.1, -0.05) is 36.2 Å². The Bertz CT molecular complexity index is 520. The van der Waals surface area contributed by atoms with Gasteiger partial charge < -0.3 is 9.52 Å². The van der Waals surface area contributed by atoms with Gasteiger partial charge in [0.05, 0.1) is 10.0 Å². The van der Waals surface area contributed by atoms with Crippen LogP contribution in [0.4, 0.5) is 0 Å². The number of aliphatic hydroxyl groups excluding tert-OH is 1. The molecule has 0 spiro atoms. The second-order valence-electron chi connectivity index (χ2n) is 3.73. The lowest BCUT2D eigenvalue weighted by Gasteiger charge is -2.09. The molecule has 1 atom stereocenters. The molecule has 0 saturated carbocycles. The zero-order valence-electron chi connectivity index (χ0n) is 9.28. The molecule has 0 fully saturated rings. The summed E-state index contributed by atoms with van der Waals surface area (Å²) in [6.07, 6.45) is -0.0151. The van der Waals surface area contributed by atoms with Crippen LogP contribution in [-0.4, -0.2) is 5.11 Å². The van der Waals surface area contributed by atoms with Crippen molar-refractivity contribution in [1.82, 2.24) is 0 Å². The Morgan fingerprint density at radius 3 is 2.53 bits per heavy atom. The molecule has 0 aliphatic carbocycles. The molecule has 1 aromatic carbocycles. The van der Waals surface area contributed by atoms with E-state index in [1.165, 1.54) is 0 Å². The van der Waals surface area contributed by atoms with E-state index in [4.69, 9.17) is 27.6 Å². The number of aryl methyl sites for hydroxylation is 1. The van der Waals surface area contributed by atoms with Gasteiger partial charge in [0.1, 0.15) is 17.6 Å². The summed E-state index contributed by atoms with van der Waals surface area (Å²) in [4.78, 5) is 0. The molecular weight excluding hydrogens is 259 g/mol. The van der Waals surface area contributed by atoms with E-state index in [1.54, 1.807) is 24.3 Å². The van der Waals surface area contributed by atoms with Crippen molar-refractivity contribution >= 4 is 23.2 Å². The molecule has 1 aromatic heterocycles. The number of furan rings is 1. The Hall–Kier alpha value is -0.960. The summed E-state index contributed by atoms with van der Waals surface area (Å²) in [6.45, 7) is 1.99. The first-order valence-electron chi connectivity index (χ1n) is 5.33. The third kappa shape index (κ3) is 2.65. The molecule has 0 saturated heterocycles. The number of hydrogen-bond donors (Lipinski definition) is 1. The smallest absolute Gasteiger partial charge is 0.137 e. The lowest BCUT2D eigenvalue weighted by atomic mass is 10.1. The minimum absolute atomic E-state index is 0.422. The quantitative estimate of drug-likeness (QED) is 0.906. The van der Waals surface area contributed by atoms with Crippen LogP contribution in [0.2, 0.25) is 10.0 Å². The predicted octanol–water partition coefficient (Wildman–Crippen LogP) is 4.23. The highest BCUT2D eigenvalue weighted by Gasteiger charge is 2.15. The Labute approximate surface area is 110 Å². The van der Waals surface area contributed by atoms with E-state index in [0.717, 1.165) is 12.2 Å². The fourth-order valence-electron chi connectivity index (χ4n) is 1.58. The summed E-state index contributed by atoms with van der Waals surface area (Å²) in [6, 6.07) is 8.66. The van der Waals surface area contributed by atoms with Crippen molar-refractivity contribution in [2.75, 3.05) is 0 Å². The second-order valence-corrected chi connectivity index (χ2v) is 4.55. The molecule has 0 bridgehead atoms. The van der Waals surface area contributed by atoms with Crippen LogP contribution in [0.5, 0.6) is 0 Å². The Balaban J connectivity index is 2.29. The number of halogens is 2. The van der Waals surface area contributed by atoms with Gasteiger partial charge in [0.15, 0.2) is 0 Å². The van der Waals surface area contributed by atoms with E-state index < -0.39 is 6.10 Å². The van der Waals surface area contributed by atoms with Gasteiger partial charge >= 0.3 is 0 Å². The summed E-state index contributed by atoms with van der Waals surface area (Å²) in [5.74, 6) is 1.36. The molecule has 17 heavy (non-hydrogen) atoms. The summed E-state index contributed by atoms with van der Waals surface area (Å²) in [5, 5.41) is 11.0. The van der Waals surface area contributed by atoms with E-state index in [0.29, 0.717) is 21.4 Å². The predicted molar refractivity (Wildman–Crippen MR) is 68.6 cm³/mol. The van der Waals surface area contributed by atoms with Crippen LogP contribution in [-0.2, 0) is 6.42 Å². The molecule has 2 rings (SSSR count). The van der Waals surface area contributed by atoms with E-state index in [9.17, 15) is 5.11 Å². The third-order valence-corrected chi connectivity index (χ3v) is 3.30. The third-order valence-electron chi connectivity index (χ3n) is 2.56. The zero-order valence-corrected chi connectivity index (χ0v) is 10.8. The lowest BCUT2D eigenvalue weighted by Crippen LogP contribution is -1.97. The van der Waals surface area contributed by atoms with Crippen molar-refractivity contribution < 1.29 is 9.52 Å². The molecule has 1 heterocycles. The number of benzene rings is 1. The van der Waals surface area contributed by atoms with Gasteiger partial charge in [-0.2, -0.15) is 0 Å². The normalized spacial score (nSPS) is 12.7. The van der Waals surface area contributed by atoms with Crippen molar-refractivity contribution in [2.45, 2.75) is 19.4 Å². The van der Waals surface area contributed by atoms with Gasteiger partial charge in [0.2, 0.25) is 0 Å². The van der Waals surface area contributed by atoms with E-state index >= 15 is 0 Å². The Kier molecular flexibility index (Phi) is 3.77. The van der Waals surface area contributed by atoms with Crippen LogP contribution < -0.4 is 0 Å². The molecule has 0 radical (unpaired) electrons. The monoisotopic (exact) mass is 270 g/mol. The highest BCUT2D eigenvalue weighted by Crippen LogP contribution is 2.29. The summed E-state index contributed by atoms with van der Waals surface area (Å²) < 4.78 is 5.49. The van der Waals surface area contributed by atoms with Crippen molar-refractivity contribution in [1.29, 1.82) is 0 Å². The summed E-state index contributed by atoms with van der Waals surface area (Å²) >= 11 is 11.7. The molecule has 2 aromatic rings. The maximum absolute atomic E-state index is 10.1. The molecule has 2 nitrogen and oxygen atoms in total. The van der Waals surface area contributed by atoms with E-state index in [2.05, 4.69) is 0 Å². The van der Waals surface area contributed by atoms with Crippen LogP contribution in [0.25, 0.3) is 0 Å². The van der Waals surface area contributed by atoms with Crippen LogP contribution in [0.3, 0.4) is 0 Å². The van der Waals surface area contributed by atoms with Crippen molar-refractivity contribution in [2.24, 2.45) is 0 Å². The fourth-order valence-corrected chi connectivity index (χ4v) is 1.88. The number of rotatable bonds is 3. The van der Waals surface area contributed by atoms with Crippen LogP contribution in [0.15, 0.2) is 34.7 Å².